The minimum Gasteiger partial charge on any atom is -0.312 e. The maximum atomic E-state index is 3.90. The predicted octanol–water partition coefficient (Wildman–Crippen LogP) is 3.38. The highest BCUT2D eigenvalue weighted by molar-refractivity contribution is 5.20. The van der Waals surface area contributed by atoms with Crippen LogP contribution >= 0.6 is 0 Å². The van der Waals surface area contributed by atoms with E-state index in [1.54, 1.807) is 0 Å². The Morgan fingerprint density at radius 2 is 2.00 bits per heavy atom. The zero-order valence-corrected chi connectivity index (χ0v) is 12.2. The molecule has 1 unspecified atom stereocenters. The number of rotatable bonds is 8. The minimum absolute atomic E-state index is 0.430. The summed E-state index contributed by atoms with van der Waals surface area (Å²) in [6, 6.07) is 12.5. The summed E-state index contributed by atoms with van der Waals surface area (Å²) in [5, 5.41) is 3.67. The molecule has 1 aromatic rings. The van der Waals surface area contributed by atoms with E-state index in [1.807, 2.05) is 6.08 Å². The minimum atomic E-state index is 0.430. The van der Waals surface area contributed by atoms with Gasteiger partial charge in [0.25, 0.3) is 0 Å². The molecule has 0 heterocycles. The van der Waals surface area contributed by atoms with Gasteiger partial charge in [-0.2, -0.15) is 0 Å². The lowest BCUT2D eigenvalue weighted by Gasteiger charge is -2.35. The van der Waals surface area contributed by atoms with Gasteiger partial charge in [0.15, 0.2) is 0 Å². The van der Waals surface area contributed by atoms with E-state index < -0.39 is 0 Å². The zero-order valence-electron chi connectivity index (χ0n) is 12.2. The summed E-state index contributed by atoms with van der Waals surface area (Å²) >= 11 is 0. The summed E-state index contributed by atoms with van der Waals surface area (Å²) in [4.78, 5) is 2.51. The number of nitrogens with zero attached hydrogens (tertiary/aromatic N) is 1. The van der Waals surface area contributed by atoms with Crippen LogP contribution in [0.2, 0.25) is 0 Å². The summed E-state index contributed by atoms with van der Waals surface area (Å²) in [6.45, 7) is 10.4. The Morgan fingerprint density at radius 1 is 1.32 bits per heavy atom. The molecule has 1 fully saturated rings. The topological polar surface area (TPSA) is 15.3 Å². The highest BCUT2D eigenvalue weighted by atomic mass is 15.2. The Morgan fingerprint density at radius 3 is 2.53 bits per heavy atom. The molecule has 1 atom stereocenters. The molecule has 1 aliphatic carbocycles. The monoisotopic (exact) mass is 258 g/mol. The predicted molar refractivity (Wildman–Crippen MR) is 82.2 cm³/mol. The fourth-order valence-corrected chi connectivity index (χ4v) is 2.51. The van der Waals surface area contributed by atoms with Crippen molar-refractivity contribution in [3.8, 4) is 0 Å². The Balaban J connectivity index is 2.12. The molecule has 0 radical (unpaired) electrons. The van der Waals surface area contributed by atoms with Gasteiger partial charge in [-0.15, -0.1) is 6.58 Å². The summed E-state index contributed by atoms with van der Waals surface area (Å²) in [5.41, 5.74) is 1.39. The van der Waals surface area contributed by atoms with Crippen LogP contribution in [0, 0.1) is 0 Å². The molecule has 0 bridgehead atoms. The summed E-state index contributed by atoms with van der Waals surface area (Å²) in [6.07, 6.45) is 4.68. The van der Waals surface area contributed by atoms with Crippen LogP contribution in [0.25, 0.3) is 0 Å². The standard InChI is InChI=1S/C17H26N2/c1-4-12-19(14(2)3)17(13-18-16-10-11-16)15-8-6-5-7-9-15/h4-9,14,16-18H,1,10-13H2,2-3H3. The van der Waals surface area contributed by atoms with Crippen molar-refractivity contribution < 1.29 is 0 Å². The van der Waals surface area contributed by atoms with Gasteiger partial charge < -0.3 is 5.32 Å². The van der Waals surface area contributed by atoms with Gasteiger partial charge in [-0.3, -0.25) is 4.90 Å². The van der Waals surface area contributed by atoms with Gasteiger partial charge in [-0.25, -0.2) is 0 Å². The smallest absolute Gasteiger partial charge is 0.0478 e. The molecule has 0 aromatic heterocycles. The highest BCUT2D eigenvalue weighted by Gasteiger charge is 2.26. The van der Waals surface area contributed by atoms with Gasteiger partial charge in [-0.05, 0) is 32.3 Å². The lowest BCUT2D eigenvalue weighted by molar-refractivity contribution is 0.168. The Labute approximate surface area is 117 Å². The second-order valence-electron chi connectivity index (χ2n) is 5.69. The maximum absolute atomic E-state index is 3.90. The van der Waals surface area contributed by atoms with E-state index in [2.05, 4.69) is 61.0 Å². The van der Waals surface area contributed by atoms with Crippen molar-refractivity contribution in [1.82, 2.24) is 10.2 Å². The molecular weight excluding hydrogens is 232 g/mol. The number of nitrogens with one attached hydrogen (secondary N) is 1. The van der Waals surface area contributed by atoms with Crippen LogP contribution in [0.5, 0.6) is 0 Å². The fraction of sp³-hybridized carbons (Fsp3) is 0.529. The quantitative estimate of drug-likeness (QED) is 0.719. The van der Waals surface area contributed by atoms with Crippen molar-refractivity contribution >= 4 is 0 Å². The first kappa shape index (κ1) is 14.3. The van der Waals surface area contributed by atoms with Gasteiger partial charge in [-0.1, -0.05) is 36.4 Å². The van der Waals surface area contributed by atoms with Crippen molar-refractivity contribution in [2.45, 2.75) is 44.8 Å². The second-order valence-corrected chi connectivity index (χ2v) is 5.69. The average molecular weight is 258 g/mol. The van der Waals surface area contributed by atoms with Gasteiger partial charge in [0, 0.05) is 31.2 Å². The highest BCUT2D eigenvalue weighted by Crippen LogP contribution is 2.25. The largest absolute Gasteiger partial charge is 0.312 e. The molecule has 1 aromatic carbocycles. The Kier molecular flexibility index (Phi) is 5.17. The van der Waals surface area contributed by atoms with E-state index in [4.69, 9.17) is 0 Å². The molecule has 19 heavy (non-hydrogen) atoms. The number of benzene rings is 1. The SMILES string of the molecule is C=CCN(C(C)C)C(CNC1CC1)c1ccccc1. The van der Waals surface area contributed by atoms with Crippen molar-refractivity contribution in [3.63, 3.8) is 0 Å². The third kappa shape index (κ3) is 4.19. The van der Waals surface area contributed by atoms with E-state index in [0.717, 1.165) is 19.1 Å². The normalized spacial score (nSPS) is 16.8. The van der Waals surface area contributed by atoms with Crippen LogP contribution in [-0.4, -0.2) is 30.1 Å². The van der Waals surface area contributed by atoms with Crippen LogP contribution in [0.3, 0.4) is 0 Å². The molecule has 1 N–H and O–H groups in total. The van der Waals surface area contributed by atoms with Crippen LogP contribution in [0.4, 0.5) is 0 Å². The molecule has 1 aliphatic rings. The average Bonchev–Trinajstić information content (AvgIpc) is 3.23. The van der Waals surface area contributed by atoms with Gasteiger partial charge in [0.05, 0.1) is 0 Å². The molecule has 104 valence electrons. The first-order valence-electron chi connectivity index (χ1n) is 7.37. The van der Waals surface area contributed by atoms with E-state index in [-0.39, 0.29) is 0 Å². The molecule has 2 rings (SSSR count). The van der Waals surface area contributed by atoms with Crippen molar-refractivity contribution in [1.29, 1.82) is 0 Å². The van der Waals surface area contributed by atoms with Crippen molar-refractivity contribution in [2.75, 3.05) is 13.1 Å². The first-order valence-corrected chi connectivity index (χ1v) is 7.37. The molecule has 1 saturated carbocycles. The molecule has 0 aliphatic heterocycles. The van der Waals surface area contributed by atoms with Gasteiger partial charge in [0.2, 0.25) is 0 Å². The van der Waals surface area contributed by atoms with E-state index >= 15 is 0 Å². The molecule has 2 heteroatoms. The van der Waals surface area contributed by atoms with Crippen LogP contribution in [0.1, 0.15) is 38.3 Å². The first-order chi connectivity index (χ1) is 9.22. The summed E-state index contributed by atoms with van der Waals surface area (Å²) < 4.78 is 0. The molecule has 0 spiro atoms. The Hall–Kier alpha value is -1.12. The van der Waals surface area contributed by atoms with E-state index in [1.165, 1.54) is 18.4 Å². The molecule has 0 amide bonds. The second kappa shape index (κ2) is 6.88. The van der Waals surface area contributed by atoms with Crippen LogP contribution in [-0.2, 0) is 0 Å². The third-order valence-corrected chi connectivity index (χ3v) is 3.77. The van der Waals surface area contributed by atoms with Gasteiger partial charge >= 0.3 is 0 Å². The summed E-state index contributed by atoms with van der Waals surface area (Å²) in [7, 11) is 0. The Bertz CT molecular complexity index is 382. The van der Waals surface area contributed by atoms with E-state index in [0.29, 0.717) is 12.1 Å². The summed E-state index contributed by atoms with van der Waals surface area (Å²) in [5.74, 6) is 0. The molecular formula is C17H26N2. The zero-order chi connectivity index (χ0) is 13.7. The van der Waals surface area contributed by atoms with Crippen molar-refractivity contribution in [2.24, 2.45) is 0 Å². The van der Waals surface area contributed by atoms with E-state index in [9.17, 15) is 0 Å². The lowest BCUT2D eigenvalue weighted by Crippen LogP contribution is -2.40. The third-order valence-electron chi connectivity index (χ3n) is 3.77. The lowest BCUT2D eigenvalue weighted by atomic mass is 10.0. The molecule has 0 saturated heterocycles. The van der Waals surface area contributed by atoms with Crippen LogP contribution < -0.4 is 5.32 Å². The van der Waals surface area contributed by atoms with Crippen LogP contribution in [0.15, 0.2) is 43.0 Å². The number of hydrogen-bond donors (Lipinski definition) is 1. The number of hydrogen-bond acceptors (Lipinski definition) is 2. The molecule has 2 nitrogen and oxygen atoms in total. The van der Waals surface area contributed by atoms with Crippen molar-refractivity contribution in [3.05, 3.63) is 48.6 Å². The maximum Gasteiger partial charge on any atom is 0.0478 e. The van der Waals surface area contributed by atoms with Gasteiger partial charge in [0.1, 0.15) is 0 Å². The fourth-order valence-electron chi connectivity index (χ4n) is 2.51.